The van der Waals surface area contributed by atoms with Gasteiger partial charge in [0.05, 0.1) is 5.75 Å². The Morgan fingerprint density at radius 2 is 1.81 bits per heavy atom. The maximum atomic E-state index is 12.5. The van der Waals surface area contributed by atoms with E-state index in [4.69, 9.17) is 4.74 Å². The molecule has 0 bridgehead atoms. The summed E-state index contributed by atoms with van der Waals surface area (Å²) in [6.45, 7) is 1.67. The van der Waals surface area contributed by atoms with Crippen molar-refractivity contribution >= 4 is 34.4 Å². The molecule has 2 aromatic rings. The van der Waals surface area contributed by atoms with Crippen LogP contribution in [-0.2, 0) is 14.3 Å². The van der Waals surface area contributed by atoms with E-state index in [0.29, 0.717) is 0 Å². The molecule has 2 aromatic carbocycles. The molecular weight excluding hydrogens is 358 g/mol. The Bertz CT molecular complexity index is 801. The standard InChI is InChI=1S/C22H27NO3S/c1-16(22(25)23(2)19-10-4-3-5-11-19)26-21(24)15-27-20-13-12-17-8-6-7-9-18(17)14-20/h6-9,12-14,16,19H,3-5,10-11,15H2,1-2H3. The summed E-state index contributed by atoms with van der Waals surface area (Å²) in [7, 11) is 1.83. The third-order valence-electron chi connectivity index (χ3n) is 5.20. The van der Waals surface area contributed by atoms with Gasteiger partial charge in [-0.3, -0.25) is 9.59 Å². The first kappa shape index (κ1) is 19.7. The fraction of sp³-hybridized carbons (Fsp3) is 0.455. The maximum Gasteiger partial charge on any atom is 0.317 e. The molecule has 1 amide bonds. The van der Waals surface area contributed by atoms with Gasteiger partial charge in [-0.25, -0.2) is 0 Å². The van der Waals surface area contributed by atoms with Crippen LogP contribution in [0.2, 0.25) is 0 Å². The highest BCUT2D eigenvalue weighted by Crippen LogP contribution is 2.24. The average molecular weight is 386 g/mol. The Kier molecular flexibility index (Phi) is 6.78. The van der Waals surface area contributed by atoms with Crippen LogP contribution in [0.4, 0.5) is 0 Å². The van der Waals surface area contributed by atoms with E-state index in [1.807, 2.05) is 31.3 Å². The molecule has 1 fully saturated rings. The summed E-state index contributed by atoms with van der Waals surface area (Å²) in [6, 6.07) is 14.5. The van der Waals surface area contributed by atoms with E-state index in [1.165, 1.54) is 36.4 Å². The molecule has 1 saturated carbocycles. The van der Waals surface area contributed by atoms with Crippen LogP contribution in [0.1, 0.15) is 39.0 Å². The summed E-state index contributed by atoms with van der Waals surface area (Å²) in [6.07, 6.45) is 4.93. The van der Waals surface area contributed by atoms with Gasteiger partial charge in [-0.05, 0) is 42.7 Å². The molecule has 0 saturated heterocycles. The van der Waals surface area contributed by atoms with Gasteiger partial charge in [0.15, 0.2) is 6.10 Å². The molecule has 0 N–H and O–H groups in total. The van der Waals surface area contributed by atoms with Crippen molar-refractivity contribution in [1.82, 2.24) is 4.90 Å². The highest BCUT2D eigenvalue weighted by Gasteiger charge is 2.27. The second-order valence-electron chi connectivity index (χ2n) is 7.17. The van der Waals surface area contributed by atoms with Crippen LogP contribution in [0.15, 0.2) is 47.4 Å². The van der Waals surface area contributed by atoms with Crippen LogP contribution in [0.25, 0.3) is 10.8 Å². The van der Waals surface area contributed by atoms with E-state index in [-0.39, 0.29) is 23.7 Å². The minimum Gasteiger partial charge on any atom is -0.452 e. The predicted octanol–water partition coefficient (Wildman–Crippen LogP) is 4.65. The molecule has 5 heteroatoms. The Balaban J connectivity index is 1.49. The molecule has 0 aromatic heterocycles. The van der Waals surface area contributed by atoms with Crippen molar-refractivity contribution < 1.29 is 14.3 Å². The van der Waals surface area contributed by atoms with Crippen LogP contribution in [0.3, 0.4) is 0 Å². The summed E-state index contributed by atoms with van der Waals surface area (Å²) in [5, 5.41) is 2.32. The fourth-order valence-electron chi connectivity index (χ4n) is 3.62. The molecule has 1 aliphatic rings. The number of amides is 1. The Morgan fingerprint density at radius 1 is 1.11 bits per heavy atom. The molecular formula is C22H27NO3S. The molecule has 0 radical (unpaired) electrons. The highest BCUT2D eigenvalue weighted by molar-refractivity contribution is 8.00. The minimum absolute atomic E-state index is 0.106. The van der Waals surface area contributed by atoms with Gasteiger partial charge in [-0.1, -0.05) is 49.6 Å². The van der Waals surface area contributed by atoms with Crippen molar-refractivity contribution in [3.05, 3.63) is 42.5 Å². The van der Waals surface area contributed by atoms with Gasteiger partial charge in [0.1, 0.15) is 0 Å². The molecule has 1 aliphatic carbocycles. The van der Waals surface area contributed by atoms with Crippen molar-refractivity contribution in [3.8, 4) is 0 Å². The fourth-order valence-corrected chi connectivity index (χ4v) is 4.34. The summed E-state index contributed by atoms with van der Waals surface area (Å²) < 4.78 is 5.38. The number of thioether (sulfide) groups is 1. The second kappa shape index (κ2) is 9.27. The molecule has 4 nitrogen and oxygen atoms in total. The second-order valence-corrected chi connectivity index (χ2v) is 8.22. The SMILES string of the molecule is CC(OC(=O)CSc1ccc2ccccc2c1)C(=O)N(C)C1CCCCC1. The van der Waals surface area contributed by atoms with Gasteiger partial charge >= 0.3 is 5.97 Å². The number of carbonyl (C=O) groups excluding carboxylic acids is 2. The van der Waals surface area contributed by atoms with Gasteiger partial charge in [0.2, 0.25) is 0 Å². The van der Waals surface area contributed by atoms with E-state index in [0.717, 1.165) is 23.1 Å². The van der Waals surface area contributed by atoms with E-state index < -0.39 is 6.10 Å². The highest BCUT2D eigenvalue weighted by atomic mass is 32.2. The van der Waals surface area contributed by atoms with Crippen LogP contribution >= 0.6 is 11.8 Å². The van der Waals surface area contributed by atoms with E-state index in [9.17, 15) is 9.59 Å². The number of likely N-dealkylation sites (N-methyl/N-ethyl adjacent to an activating group) is 1. The molecule has 0 aliphatic heterocycles. The quantitative estimate of drug-likeness (QED) is 0.536. The topological polar surface area (TPSA) is 46.6 Å². The number of esters is 1. The van der Waals surface area contributed by atoms with E-state index in [2.05, 4.69) is 18.2 Å². The molecule has 1 atom stereocenters. The lowest BCUT2D eigenvalue weighted by atomic mass is 9.94. The van der Waals surface area contributed by atoms with E-state index in [1.54, 1.807) is 11.8 Å². The zero-order valence-electron chi connectivity index (χ0n) is 16.0. The van der Waals surface area contributed by atoms with Gasteiger partial charge in [-0.15, -0.1) is 11.8 Å². The summed E-state index contributed by atoms with van der Waals surface area (Å²) in [5.41, 5.74) is 0. The average Bonchev–Trinajstić information content (AvgIpc) is 2.71. The third-order valence-corrected chi connectivity index (χ3v) is 6.17. The van der Waals surface area contributed by atoms with Crippen molar-refractivity contribution in [1.29, 1.82) is 0 Å². The van der Waals surface area contributed by atoms with Crippen LogP contribution < -0.4 is 0 Å². The summed E-state index contributed by atoms with van der Waals surface area (Å²) in [5.74, 6) is -0.264. The van der Waals surface area contributed by atoms with E-state index >= 15 is 0 Å². The third kappa shape index (κ3) is 5.25. The van der Waals surface area contributed by atoms with Gasteiger partial charge in [-0.2, -0.15) is 0 Å². The first-order valence-corrected chi connectivity index (χ1v) is 10.6. The number of hydrogen-bond acceptors (Lipinski definition) is 4. The zero-order valence-corrected chi connectivity index (χ0v) is 16.8. The number of carbonyl (C=O) groups is 2. The number of ether oxygens (including phenoxy) is 1. The van der Waals surface area contributed by atoms with Crippen molar-refractivity contribution in [2.24, 2.45) is 0 Å². The molecule has 1 unspecified atom stereocenters. The van der Waals surface area contributed by atoms with Crippen molar-refractivity contribution in [2.45, 2.75) is 56.1 Å². The molecule has 144 valence electrons. The Hall–Kier alpha value is -2.01. The van der Waals surface area contributed by atoms with Gasteiger partial charge in [0, 0.05) is 18.0 Å². The summed E-state index contributed by atoms with van der Waals surface area (Å²) >= 11 is 1.43. The molecule has 0 heterocycles. The normalized spacial score (nSPS) is 16.1. The van der Waals surface area contributed by atoms with Crippen molar-refractivity contribution in [2.75, 3.05) is 12.8 Å². The lowest BCUT2D eigenvalue weighted by Gasteiger charge is -2.32. The van der Waals surface area contributed by atoms with Crippen LogP contribution in [-0.4, -0.2) is 41.7 Å². The smallest absolute Gasteiger partial charge is 0.317 e. The lowest BCUT2D eigenvalue weighted by molar-refractivity contribution is -0.157. The Morgan fingerprint density at radius 3 is 2.56 bits per heavy atom. The van der Waals surface area contributed by atoms with Crippen molar-refractivity contribution in [3.63, 3.8) is 0 Å². The number of fused-ring (bicyclic) bond motifs is 1. The number of rotatable bonds is 6. The largest absolute Gasteiger partial charge is 0.452 e. The van der Waals surface area contributed by atoms with Crippen LogP contribution in [0.5, 0.6) is 0 Å². The molecule has 0 spiro atoms. The van der Waals surface area contributed by atoms with Gasteiger partial charge in [0.25, 0.3) is 5.91 Å². The first-order chi connectivity index (χ1) is 13.0. The Labute approximate surface area is 165 Å². The summed E-state index contributed by atoms with van der Waals surface area (Å²) in [4.78, 5) is 27.5. The number of nitrogens with zero attached hydrogens (tertiary/aromatic N) is 1. The maximum absolute atomic E-state index is 12.5. The predicted molar refractivity (Wildman–Crippen MR) is 110 cm³/mol. The van der Waals surface area contributed by atoms with Crippen LogP contribution in [0, 0.1) is 0 Å². The minimum atomic E-state index is -0.735. The van der Waals surface area contributed by atoms with Gasteiger partial charge < -0.3 is 9.64 Å². The monoisotopic (exact) mass is 385 g/mol. The number of benzene rings is 2. The zero-order chi connectivity index (χ0) is 19.2. The lowest BCUT2D eigenvalue weighted by Crippen LogP contribution is -2.44. The molecule has 27 heavy (non-hydrogen) atoms. The number of hydrogen-bond donors (Lipinski definition) is 0. The molecule has 3 rings (SSSR count). The first-order valence-electron chi connectivity index (χ1n) is 9.62.